The smallest absolute Gasteiger partial charge is 0.0592 e. The van der Waals surface area contributed by atoms with E-state index in [1.54, 1.807) is 14.5 Å². The first-order chi connectivity index (χ1) is 5.84. The van der Waals surface area contributed by atoms with E-state index in [4.69, 9.17) is 0 Å². The predicted octanol–water partition coefficient (Wildman–Crippen LogP) is 3.92. The average Bonchev–Trinajstić information content (AvgIpc) is 2.59. The fourth-order valence-corrected chi connectivity index (χ4v) is 5.76. The molecule has 0 aromatic carbocycles. The first-order valence-electron chi connectivity index (χ1n) is 3.99. The van der Waals surface area contributed by atoms with Crippen molar-refractivity contribution in [3.05, 3.63) is 15.8 Å². The molecule has 0 radical (unpaired) electrons. The molecule has 0 spiro atoms. The van der Waals surface area contributed by atoms with Gasteiger partial charge in [0.2, 0.25) is 0 Å². The highest BCUT2D eigenvalue weighted by Crippen LogP contribution is 2.46. The third-order valence-electron chi connectivity index (χ3n) is 2.09. The highest BCUT2D eigenvalue weighted by atomic mass is 32.2. The van der Waals surface area contributed by atoms with Gasteiger partial charge in [0.25, 0.3) is 0 Å². The van der Waals surface area contributed by atoms with Crippen molar-refractivity contribution in [1.82, 2.24) is 0 Å². The third kappa shape index (κ3) is 0.902. The van der Waals surface area contributed by atoms with Gasteiger partial charge in [0.1, 0.15) is 0 Å². The number of hydrogen-bond donors (Lipinski definition) is 0. The van der Waals surface area contributed by atoms with Crippen LogP contribution in [-0.2, 0) is 6.42 Å². The highest BCUT2D eigenvalue weighted by molar-refractivity contribution is 8.00. The maximum Gasteiger partial charge on any atom is 0.0592 e. The van der Waals surface area contributed by atoms with E-state index in [1.807, 2.05) is 34.4 Å². The van der Waals surface area contributed by atoms with E-state index in [0.717, 1.165) is 0 Å². The van der Waals surface area contributed by atoms with E-state index in [9.17, 15) is 0 Å². The molecular formula is C9H8S3. The van der Waals surface area contributed by atoms with E-state index in [2.05, 4.69) is 13.0 Å². The van der Waals surface area contributed by atoms with Crippen LogP contribution in [0.3, 0.4) is 0 Å². The second-order valence-corrected chi connectivity index (χ2v) is 6.50. The molecule has 0 atom stereocenters. The second kappa shape index (κ2) is 2.50. The highest BCUT2D eigenvalue weighted by Gasteiger charge is 2.19. The molecular weight excluding hydrogens is 204 g/mol. The summed E-state index contributed by atoms with van der Waals surface area (Å²) in [7, 11) is 0. The molecule has 0 N–H and O–H groups in total. The number of aryl methyl sites for hydroxylation is 2. The van der Waals surface area contributed by atoms with Crippen LogP contribution in [-0.4, -0.2) is 5.75 Å². The summed E-state index contributed by atoms with van der Waals surface area (Å²) < 4.78 is 3.06. The van der Waals surface area contributed by atoms with Crippen LogP contribution in [0.25, 0.3) is 9.40 Å². The summed E-state index contributed by atoms with van der Waals surface area (Å²) in [5, 5.41) is 0. The van der Waals surface area contributed by atoms with Gasteiger partial charge in [-0.05, 0) is 19.4 Å². The van der Waals surface area contributed by atoms with Crippen LogP contribution in [0.2, 0.25) is 0 Å². The summed E-state index contributed by atoms with van der Waals surface area (Å²) in [6, 6.07) is 2.32. The van der Waals surface area contributed by atoms with Crippen molar-refractivity contribution in [3.63, 3.8) is 0 Å². The Labute approximate surface area is 83.6 Å². The van der Waals surface area contributed by atoms with Gasteiger partial charge in [-0.3, -0.25) is 0 Å². The molecule has 62 valence electrons. The van der Waals surface area contributed by atoms with Gasteiger partial charge >= 0.3 is 0 Å². The first kappa shape index (κ1) is 7.42. The molecule has 12 heavy (non-hydrogen) atoms. The summed E-state index contributed by atoms with van der Waals surface area (Å²) in [5.41, 5.74) is 0. The molecule has 1 aliphatic rings. The molecule has 0 saturated heterocycles. The molecule has 3 rings (SSSR count). The van der Waals surface area contributed by atoms with Crippen LogP contribution >= 0.6 is 34.4 Å². The maximum absolute atomic E-state index is 2.32. The van der Waals surface area contributed by atoms with Gasteiger partial charge < -0.3 is 0 Å². The van der Waals surface area contributed by atoms with Crippen molar-refractivity contribution in [2.75, 3.05) is 5.75 Å². The standard InChI is InChI=1S/C9H8S3/c1-5-4-7-9(11-5)8-6(12-7)2-3-10-8/h4H,2-3H2,1H3. The van der Waals surface area contributed by atoms with E-state index in [0.29, 0.717) is 0 Å². The van der Waals surface area contributed by atoms with E-state index < -0.39 is 0 Å². The molecule has 0 amide bonds. The van der Waals surface area contributed by atoms with Crippen LogP contribution in [0.4, 0.5) is 0 Å². The quantitative estimate of drug-likeness (QED) is 0.638. The zero-order valence-electron chi connectivity index (χ0n) is 6.72. The lowest BCUT2D eigenvalue weighted by atomic mass is 10.4. The molecule has 3 heteroatoms. The second-order valence-electron chi connectivity index (χ2n) is 3.00. The molecule has 0 saturated carbocycles. The first-order valence-corrected chi connectivity index (χ1v) is 6.61. The number of thioether (sulfide) groups is 1. The lowest BCUT2D eigenvalue weighted by Crippen LogP contribution is -1.70. The SMILES string of the molecule is Cc1cc2sc3c(c2s1)SCC3. The predicted molar refractivity (Wildman–Crippen MR) is 58.9 cm³/mol. The minimum atomic E-state index is 1.30. The molecule has 0 unspecified atom stereocenters. The molecule has 0 bridgehead atoms. The minimum Gasteiger partial charge on any atom is -0.138 e. The number of hydrogen-bond acceptors (Lipinski definition) is 3. The zero-order valence-corrected chi connectivity index (χ0v) is 9.17. The minimum absolute atomic E-state index is 1.30. The number of thiophene rings is 2. The Hall–Kier alpha value is 0.01000. The topological polar surface area (TPSA) is 0 Å². The summed E-state index contributed by atoms with van der Waals surface area (Å²) in [6.45, 7) is 2.20. The van der Waals surface area contributed by atoms with Gasteiger partial charge in [0, 0.05) is 25.1 Å². The number of rotatable bonds is 0. The lowest BCUT2D eigenvalue weighted by Gasteiger charge is -1.84. The Morgan fingerprint density at radius 2 is 2.25 bits per heavy atom. The molecule has 0 fully saturated rings. The van der Waals surface area contributed by atoms with Crippen LogP contribution in [0, 0.1) is 6.92 Å². The van der Waals surface area contributed by atoms with E-state index in [-0.39, 0.29) is 0 Å². The molecule has 2 aromatic rings. The Morgan fingerprint density at radius 3 is 3.17 bits per heavy atom. The van der Waals surface area contributed by atoms with E-state index in [1.165, 1.54) is 21.8 Å². The fraction of sp³-hybridized carbons (Fsp3) is 0.333. The van der Waals surface area contributed by atoms with E-state index >= 15 is 0 Å². The summed E-state index contributed by atoms with van der Waals surface area (Å²) in [4.78, 5) is 4.67. The molecule has 0 nitrogen and oxygen atoms in total. The summed E-state index contributed by atoms with van der Waals surface area (Å²) >= 11 is 5.99. The summed E-state index contributed by atoms with van der Waals surface area (Å²) in [5.74, 6) is 1.30. The Kier molecular flexibility index (Phi) is 1.54. The third-order valence-corrected chi connectivity index (χ3v) is 5.89. The molecule has 3 heterocycles. The van der Waals surface area contributed by atoms with Gasteiger partial charge in [-0.1, -0.05) is 0 Å². The average molecular weight is 212 g/mol. The maximum atomic E-state index is 2.32. The van der Waals surface area contributed by atoms with Crippen molar-refractivity contribution in [2.45, 2.75) is 18.2 Å². The van der Waals surface area contributed by atoms with Crippen LogP contribution < -0.4 is 0 Å². The van der Waals surface area contributed by atoms with Crippen LogP contribution in [0.5, 0.6) is 0 Å². The van der Waals surface area contributed by atoms with Crippen LogP contribution in [0.1, 0.15) is 9.75 Å². The van der Waals surface area contributed by atoms with Crippen molar-refractivity contribution in [3.8, 4) is 0 Å². The number of fused-ring (bicyclic) bond motifs is 3. The summed E-state index contributed by atoms with van der Waals surface area (Å²) in [6.07, 6.45) is 1.30. The van der Waals surface area contributed by atoms with Crippen molar-refractivity contribution in [2.24, 2.45) is 0 Å². The van der Waals surface area contributed by atoms with Gasteiger partial charge in [-0.2, -0.15) is 0 Å². The van der Waals surface area contributed by atoms with Crippen molar-refractivity contribution in [1.29, 1.82) is 0 Å². The van der Waals surface area contributed by atoms with Crippen molar-refractivity contribution >= 4 is 43.8 Å². The Balaban J connectivity index is 2.40. The Bertz CT molecular complexity index is 436. The van der Waals surface area contributed by atoms with Gasteiger partial charge in [0.15, 0.2) is 0 Å². The fourth-order valence-electron chi connectivity index (χ4n) is 1.59. The normalized spacial score (nSPS) is 15.8. The largest absolute Gasteiger partial charge is 0.138 e. The monoisotopic (exact) mass is 212 g/mol. The van der Waals surface area contributed by atoms with Gasteiger partial charge in [-0.25, -0.2) is 0 Å². The van der Waals surface area contributed by atoms with Crippen LogP contribution in [0.15, 0.2) is 11.0 Å². The lowest BCUT2D eigenvalue weighted by molar-refractivity contribution is 1.21. The molecule has 2 aromatic heterocycles. The Morgan fingerprint density at radius 1 is 1.33 bits per heavy atom. The molecule has 0 aliphatic carbocycles. The van der Waals surface area contributed by atoms with Gasteiger partial charge in [0.05, 0.1) is 4.70 Å². The van der Waals surface area contributed by atoms with Gasteiger partial charge in [-0.15, -0.1) is 34.4 Å². The van der Waals surface area contributed by atoms with Crippen molar-refractivity contribution < 1.29 is 0 Å². The zero-order chi connectivity index (χ0) is 8.13. The molecule has 1 aliphatic heterocycles.